The van der Waals surface area contributed by atoms with E-state index in [-0.39, 0.29) is 5.91 Å². The fourth-order valence-electron chi connectivity index (χ4n) is 2.08. The second-order valence-electron chi connectivity index (χ2n) is 4.73. The van der Waals surface area contributed by atoms with E-state index >= 15 is 0 Å². The lowest BCUT2D eigenvalue weighted by atomic mass is 10.2. The zero-order valence-electron chi connectivity index (χ0n) is 11.4. The van der Waals surface area contributed by atoms with Crippen molar-refractivity contribution in [2.75, 3.05) is 45.8 Å². The summed E-state index contributed by atoms with van der Waals surface area (Å²) in [4.78, 5) is 16.4. The van der Waals surface area contributed by atoms with Crippen LogP contribution >= 0.6 is 0 Å². The van der Waals surface area contributed by atoms with Crippen LogP contribution in [0.25, 0.3) is 0 Å². The van der Waals surface area contributed by atoms with Crippen molar-refractivity contribution < 1.29 is 4.79 Å². The summed E-state index contributed by atoms with van der Waals surface area (Å²) in [5.74, 6) is 0.205. The average Bonchev–Trinajstić information content (AvgIpc) is 2.37. The Bertz CT molecular complexity index is 213. The van der Waals surface area contributed by atoms with Crippen molar-refractivity contribution in [3.63, 3.8) is 0 Å². The first-order valence-corrected chi connectivity index (χ1v) is 6.97. The molecule has 17 heavy (non-hydrogen) atoms. The van der Waals surface area contributed by atoms with E-state index in [2.05, 4.69) is 29.0 Å². The molecule has 1 aliphatic rings. The van der Waals surface area contributed by atoms with Crippen LogP contribution in [0.1, 0.15) is 33.1 Å². The summed E-state index contributed by atoms with van der Waals surface area (Å²) in [6.07, 6.45) is 2.87. The molecule has 0 radical (unpaired) electrons. The third kappa shape index (κ3) is 6.03. The maximum atomic E-state index is 11.5. The highest BCUT2D eigenvalue weighted by Crippen LogP contribution is 2.01. The van der Waals surface area contributed by atoms with E-state index in [1.54, 1.807) is 0 Å². The molecule has 0 unspecified atom stereocenters. The first kappa shape index (κ1) is 14.5. The number of nitrogens with zero attached hydrogens (tertiary/aromatic N) is 2. The van der Waals surface area contributed by atoms with E-state index in [0.29, 0.717) is 6.42 Å². The van der Waals surface area contributed by atoms with Gasteiger partial charge in [0.1, 0.15) is 0 Å². The van der Waals surface area contributed by atoms with Crippen LogP contribution in [0.2, 0.25) is 0 Å². The van der Waals surface area contributed by atoms with E-state index in [0.717, 1.165) is 58.7 Å². The van der Waals surface area contributed by atoms with Crippen molar-refractivity contribution in [2.45, 2.75) is 33.1 Å². The number of amides is 1. The van der Waals surface area contributed by atoms with Gasteiger partial charge < -0.3 is 15.1 Å². The number of rotatable bonds is 7. The van der Waals surface area contributed by atoms with Crippen molar-refractivity contribution >= 4 is 5.91 Å². The molecule has 4 nitrogen and oxygen atoms in total. The molecule has 1 fully saturated rings. The van der Waals surface area contributed by atoms with Gasteiger partial charge in [-0.1, -0.05) is 20.3 Å². The molecule has 0 aromatic carbocycles. The molecular weight excluding hydrogens is 214 g/mol. The quantitative estimate of drug-likeness (QED) is 0.674. The molecule has 0 spiro atoms. The van der Waals surface area contributed by atoms with Crippen LogP contribution in [0.5, 0.6) is 0 Å². The standard InChI is InChI=1S/C13H27N3O/c1-3-5-7-14-13(17)6-8-16-11-9-15(4-2)10-12-16/h3-12H2,1-2H3,(H,14,17). The predicted octanol–water partition coefficient (Wildman–Crippen LogP) is 0.930. The summed E-state index contributed by atoms with van der Waals surface area (Å²) in [5.41, 5.74) is 0. The monoisotopic (exact) mass is 241 g/mol. The summed E-state index contributed by atoms with van der Waals surface area (Å²) in [6.45, 7) is 11.7. The fourth-order valence-corrected chi connectivity index (χ4v) is 2.08. The van der Waals surface area contributed by atoms with Gasteiger partial charge in [-0.2, -0.15) is 0 Å². The molecular formula is C13H27N3O. The Morgan fingerprint density at radius 3 is 2.35 bits per heavy atom. The number of likely N-dealkylation sites (N-methyl/N-ethyl adjacent to an activating group) is 1. The van der Waals surface area contributed by atoms with Crippen LogP contribution in [0.3, 0.4) is 0 Å². The second kappa shape index (κ2) is 8.48. The van der Waals surface area contributed by atoms with Gasteiger partial charge in [-0.15, -0.1) is 0 Å². The number of hydrogen-bond acceptors (Lipinski definition) is 3. The van der Waals surface area contributed by atoms with Crippen molar-refractivity contribution in [1.29, 1.82) is 0 Å². The van der Waals surface area contributed by atoms with Gasteiger partial charge in [-0.3, -0.25) is 4.79 Å². The van der Waals surface area contributed by atoms with Crippen LogP contribution in [-0.2, 0) is 4.79 Å². The molecule has 0 saturated carbocycles. The second-order valence-corrected chi connectivity index (χ2v) is 4.73. The summed E-state index contributed by atoms with van der Waals surface area (Å²) < 4.78 is 0. The summed E-state index contributed by atoms with van der Waals surface area (Å²) >= 11 is 0. The van der Waals surface area contributed by atoms with Gasteiger partial charge in [0.15, 0.2) is 0 Å². The minimum absolute atomic E-state index is 0.205. The van der Waals surface area contributed by atoms with Gasteiger partial charge in [-0.05, 0) is 13.0 Å². The molecule has 1 heterocycles. The largest absolute Gasteiger partial charge is 0.356 e. The molecule has 4 heteroatoms. The zero-order chi connectivity index (χ0) is 12.5. The third-order valence-corrected chi connectivity index (χ3v) is 3.42. The van der Waals surface area contributed by atoms with Crippen molar-refractivity contribution in [3.8, 4) is 0 Å². The third-order valence-electron chi connectivity index (χ3n) is 3.42. The minimum Gasteiger partial charge on any atom is -0.356 e. The number of nitrogens with one attached hydrogen (secondary N) is 1. The molecule has 1 N–H and O–H groups in total. The SMILES string of the molecule is CCCCNC(=O)CCN1CCN(CC)CC1. The average molecular weight is 241 g/mol. The topological polar surface area (TPSA) is 35.6 Å². The van der Waals surface area contributed by atoms with E-state index in [1.165, 1.54) is 0 Å². The normalized spacial score (nSPS) is 18.2. The molecule has 0 aliphatic carbocycles. The maximum absolute atomic E-state index is 11.5. The molecule has 1 amide bonds. The molecule has 1 saturated heterocycles. The van der Waals surface area contributed by atoms with Crippen molar-refractivity contribution in [2.24, 2.45) is 0 Å². The Morgan fingerprint density at radius 1 is 1.12 bits per heavy atom. The molecule has 0 aromatic heterocycles. The Labute approximate surface area is 105 Å². The number of piperazine rings is 1. The highest BCUT2D eigenvalue weighted by atomic mass is 16.1. The smallest absolute Gasteiger partial charge is 0.221 e. The summed E-state index contributed by atoms with van der Waals surface area (Å²) in [7, 11) is 0. The maximum Gasteiger partial charge on any atom is 0.221 e. The molecule has 0 atom stereocenters. The predicted molar refractivity (Wildman–Crippen MR) is 71.1 cm³/mol. The van der Waals surface area contributed by atoms with Crippen LogP contribution in [0, 0.1) is 0 Å². The van der Waals surface area contributed by atoms with Gasteiger partial charge in [0.2, 0.25) is 5.91 Å². The lowest BCUT2D eigenvalue weighted by Gasteiger charge is -2.33. The lowest BCUT2D eigenvalue weighted by Crippen LogP contribution is -2.46. The molecule has 0 aromatic rings. The highest BCUT2D eigenvalue weighted by Gasteiger charge is 2.15. The van der Waals surface area contributed by atoms with Crippen LogP contribution < -0.4 is 5.32 Å². The zero-order valence-corrected chi connectivity index (χ0v) is 11.4. The first-order chi connectivity index (χ1) is 8.26. The Kier molecular flexibility index (Phi) is 7.21. The van der Waals surface area contributed by atoms with Crippen LogP contribution in [-0.4, -0.2) is 61.5 Å². The highest BCUT2D eigenvalue weighted by molar-refractivity contribution is 5.75. The van der Waals surface area contributed by atoms with Crippen molar-refractivity contribution in [3.05, 3.63) is 0 Å². The van der Waals surface area contributed by atoms with Crippen LogP contribution in [0.15, 0.2) is 0 Å². The molecule has 1 rings (SSSR count). The number of carbonyl (C=O) groups is 1. The van der Waals surface area contributed by atoms with Gasteiger partial charge in [-0.25, -0.2) is 0 Å². The number of carbonyl (C=O) groups excluding carboxylic acids is 1. The van der Waals surface area contributed by atoms with Gasteiger partial charge in [0.05, 0.1) is 0 Å². The fraction of sp³-hybridized carbons (Fsp3) is 0.923. The summed E-state index contributed by atoms with van der Waals surface area (Å²) in [5, 5.41) is 2.97. The summed E-state index contributed by atoms with van der Waals surface area (Å²) in [6, 6.07) is 0. The molecule has 1 aliphatic heterocycles. The number of unbranched alkanes of at least 4 members (excludes halogenated alkanes) is 1. The first-order valence-electron chi connectivity index (χ1n) is 6.97. The number of hydrogen-bond donors (Lipinski definition) is 1. The van der Waals surface area contributed by atoms with Gasteiger partial charge >= 0.3 is 0 Å². The van der Waals surface area contributed by atoms with Gasteiger partial charge in [0, 0.05) is 45.7 Å². The molecule has 100 valence electrons. The Hall–Kier alpha value is -0.610. The van der Waals surface area contributed by atoms with Crippen LogP contribution in [0.4, 0.5) is 0 Å². The minimum atomic E-state index is 0.205. The molecule has 0 bridgehead atoms. The Morgan fingerprint density at radius 2 is 1.76 bits per heavy atom. The van der Waals surface area contributed by atoms with E-state index in [4.69, 9.17) is 0 Å². The van der Waals surface area contributed by atoms with E-state index < -0.39 is 0 Å². The van der Waals surface area contributed by atoms with Gasteiger partial charge in [0.25, 0.3) is 0 Å². The van der Waals surface area contributed by atoms with E-state index in [9.17, 15) is 4.79 Å². The van der Waals surface area contributed by atoms with Crippen molar-refractivity contribution in [1.82, 2.24) is 15.1 Å². The Balaban J connectivity index is 2.04. The van der Waals surface area contributed by atoms with E-state index in [1.807, 2.05) is 0 Å². The lowest BCUT2D eigenvalue weighted by molar-refractivity contribution is -0.121.